The van der Waals surface area contributed by atoms with Crippen molar-refractivity contribution < 1.29 is 14.3 Å². The van der Waals surface area contributed by atoms with E-state index in [-0.39, 0.29) is 35.3 Å². The van der Waals surface area contributed by atoms with Crippen LogP contribution in [0.2, 0.25) is 10.0 Å². The topological polar surface area (TPSA) is 70.7 Å². The van der Waals surface area contributed by atoms with Gasteiger partial charge >= 0.3 is 0 Å². The number of benzene rings is 2. The van der Waals surface area contributed by atoms with E-state index in [1.165, 1.54) is 13.2 Å². The molecule has 0 fully saturated rings. The third-order valence-corrected chi connectivity index (χ3v) is 4.44. The van der Waals surface area contributed by atoms with Gasteiger partial charge in [-0.1, -0.05) is 23.2 Å². The molecule has 6 nitrogen and oxygen atoms in total. The molecule has 27 heavy (non-hydrogen) atoms. The fourth-order valence-corrected chi connectivity index (χ4v) is 2.87. The number of nitrogens with zero attached hydrogens (tertiary/aromatic N) is 1. The van der Waals surface area contributed by atoms with E-state index >= 15 is 0 Å². The zero-order valence-electron chi connectivity index (χ0n) is 15.3. The third-order valence-electron chi connectivity index (χ3n) is 3.83. The number of anilines is 1. The highest BCUT2D eigenvalue weighted by molar-refractivity contribution is 6.37. The summed E-state index contributed by atoms with van der Waals surface area (Å²) in [5.74, 6) is -0.427. The molecule has 0 aromatic heterocycles. The number of methoxy groups -OCH3 is 1. The number of carbonyl (C=O) groups excluding carboxylic acids is 2. The molecular weight excluding hydrogens is 389 g/mol. The van der Waals surface area contributed by atoms with Gasteiger partial charge in [-0.3, -0.25) is 9.59 Å². The first kappa shape index (κ1) is 20.9. The minimum absolute atomic E-state index is 0.164. The predicted octanol–water partition coefficient (Wildman–Crippen LogP) is 3.23. The summed E-state index contributed by atoms with van der Waals surface area (Å²) in [5.41, 5.74) is 1.72. The second-order valence-electron chi connectivity index (χ2n) is 5.89. The van der Waals surface area contributed by atoms with Gasteiger partial charge in [-0.25, -0.2) is 0 Å². The van der Waals surface area contributed by atoms with Crippen LogP contribution in [-0.2, 0) is 0 Å². The first-order chi connectivity index (χ1) is 12.8. The molecule has 0 bridgehead atoms. The van der Waals surface area contributed by atoms with Crippen molar-refractivity contribution in [2.45, 2.75) is 0 Å². The van der Waals surface area contributed by atoms with E-state index in [9.17, 15) is 9.59 Å². The molecule has 0 aliphatic rings. The minimum Gasteiger partial charge on any atom is -0.494 e. The summed E-state index contributed by atoms with van der Waals surface area (Å²) < 4.78 is 5.16. The number of rotatable bonds is 7. The van der Waals surface area contributed by atoms with Gasteiger partial charge in [0, 0.05) is 38.4 Å². The SMILES string of the molecule is COc1c(Cl)ccc(Cl)c1C(=O)NCCNC(=O)c1ccc(N(C)C)cc1. The molecule has 0 saturated heterocycles. The van der Waals surface area contributed by atoms with Crippen molar-refractivity contribution in [3.8, 4) is 5.75 Å². The predicted molar refractivity (Wildman–Crippen MR) is 108 cm³/mol. The van der Waals surface area contributed by atoms with E-state index in [0.717, 1.165) is 5.69 Å². The first-order valence-electron chi connectivity index (χ1n) is 8.21. The van der Waals surface area contributed by atoms with Crippen molar-refractivity contribution in [3.63, 3.8) is 0 Å². The van der Waals surface area contributed by atoms with Gasteiger partial charge in [-0.05, 0) is 36.4 Å². The van der Waals surface area contributed by atoms with Gasteiger partial charge in [0.25, 0.3) is 11.8 Å². The molecular formula is C19H21Cl2N3O3. The molecule has 0 unspecified atom stereocenters. The quantitative estimate of drug-likeness (QED) is 0.688. The van der Waals surface area contributed by atoms with Crippen LogP contribution < -0.4 is 20.3 Å². The lowest BCUT2D eigenvalue weighted by molar-refractivity contribution is 0.0926. The van der Waals surface area contributed by atoms with E-state index in [0.29, 0.717) is 10.6 Å². The summed E-state index contributed by atoms with van der Waals surface area (Å²) in [6.07, 6.45) is 0. The maximum atomic E-state index is 12.4. The zero-order chi connectivity index (χ0) is 20.0. The van der Waals surface area contributed by atoms with Crippen molar-refractivity contribution in [1.82, 2.24) is 10.6 Å². The number of ether oxygens (including phenoxy) is 1. The third kappa shape index (κ3) is 5.28. The summed E-state index contributed by atoms with van der Waals surface area (Å²) in [7, 11) is 5.27. The molecule has 0 atom stereocenters. The van der Waals surface area contributed by atoms with E-state index in [1.54, 1.807) is 18.2 Å². The van der Waals surface area contributed by atoms with E-state index in [1.807, 2.05) is 31.1 Å². The van der Waals surface area contributed by atoms with Crippen molar-refractivity contribution in [1.29, 1.82) is 0 Å². The Labute approximate surface area is 168 Å². The van der Waals surface area contributed by atoms with Gasteiger partial charge in [-0.15, -0.1) is 0 Å². The standard InChI is InChI=1S/C19H21Cl2N3O3/c1-24(2)13-6-4-12(5-7-13)18(25)22-10-11-23-19(26)16-14(20)8-9-15(21)17(16)27-3/h4-9H,10-11H2,1-3H3,(H,22,25)(H,23,26). The second-order valence-corrected chi connectivity index (χ2v) is 6.70. The molecule has 2 N–H and O–H groups in total. The van der Waals surface area contributed by atoms with Crippen LogP contribution >= 0.6 is 23.2 Å². The van der Waals surface area contributed by atoms with Crippen LogP contribution in [0.25, 0.3) is 0 Å². The molecule has 2 rings (SSSR count). The number of hydrogen-bond donors (Lipinski definition) is 2. The molecule has 0 radical (unpaired) electrons. The minimum atomic E-state index is -0.427. The highest BCUT2D eigenvalue weighted by Crippen LogP contribution is 2.33. The Morgan fingerprint density at radius 2 is 1.48 bits per heavy atom. The Hall–Kier alpha value is -2.44. The largest absolute Gasteiger partial charge is 0.494 e. The molecule has 2 amide bonds. The summed E-state index contributed by atoms with van der Waals surface area (Å²) in [6, 6.07) is 10.3. The average molecular weight is 410 g/mol. The van der Waals surface area contributed by atoms with Crippen LogP contribution in [0.1, 0.15) is 20.7 Å². The average Bonchev–Trinajstić information content (AvgIpc) is 2.66. The van der Waals surface area contributed by atoms with Gasteiger partial charge < -0.3 is 20.3 Å². The van der Waals surface area contributed by atoms with Crippen LogP contribution in [0.3, 0.4) is 0 Å². The summed E-state index contributed by atoms with van der Waals surface area (Å²) in [6.45, 7) is 0.493. The highest BCUT2D eigenvalue weighted by Gasteiger charge is 2.19. The maximum Gasteiger partial charge on any atom is 0.256 e. The molecule has 0 saturated carbocycles. The zero-order valence-corrected chi connectivity index (χ0v) is 16.8. The molecule has 2 aromatic rings. The van der Waals surface area contributed by atoms with Crippen molar-refractivity contribution in [3.05, 3.63) is 57.6 Å². The first-order valence-corrected chi connectivity index (χ1v) is 8.96. The fourth-order valence-electron chi connectivity index (χ4n) is 2.40. The summed E-state index contributed by atoms with van der Waals surface area (Å²) in [5, 5.41) is 5.97. The number of nitrogens with one attached hydrogen (secondary N) is 2. The van der Waals surface area contributed by atoms with Crippen molar-refractivity contribution in [2.75, 3.05) is 39.2 Å². The molecule has 144 valence electrons. The van der Waals surface area contributed by atoms with Gasteiger partial charge in [0.05, 0.1) is 17.2 Å². The number of carbonyl (C=O) groups is 2. The van der Waals surface area contributed by atoms with Crippen molar-refractivity contribution >= 4 is 40.7 Å². The number of halogens is 2. The molecule has 2 aromatic carbocycles. The van der Waals surface area contributed by atoms with Crippen LogP contribution in [0.5, 0.6) is 5.75 Å². The lowest BCUT2D eigenvalue weighted by Gasteiger charge is -2.13. The van der Waals surface area contributed by atoms with Crippen LogP contribution in [0, 0.1) is 0 Å². The Morgan fingerprint density at radius 1 is 0.926 bits per heavy atom. The molecule has 0 spiro atoms. The van der Waals surface area contributed by atoms with Crippen molar-refractivity contribution in [2.24, 2.45) is 0 Å². The van der Waals surface area contributed by atoms with Gasteiger partial charge in [-0.2, -0.15) is 0 Å². The van der Waals surface area contributed by atoms with E-state index < -0.39 is 5.91 Å². The van der Waals surface area contributed by atoms with Crippen LogP contribution in [-0.4, -0.2) is 46.1 Å². The number of amides is 2. The molecule has 8 heteroatoms. The maximum absolute atomic E-state index is 12.4. The van der Waals surface area contributed by atoms with E-state index in [4.69, 9.17) is 27.9 Å². The normalized spacial score (nSPS) is 10.3. The lowest BCUT2D eigenvalue weighted by Crippen LogP contribution is -2.35. The van der Waals surface area contributed by atoms with Gasteiger partial charge in [0.1, 0.15) is 5.56 Å². The summed E-state index contributed by atoms with van der Waals surface area (Å²) >= 11 is 12.1. The smallest absolute Gasteiger partial charge is 0.256 e. The summed E-state index contributed by atoms with van der Waals surface area (Å²) in [4.78, 5) is 26.5. The van der Waals surface area contributed by atoms with Gasteiger partial charge in [0.15, 0.2) is 5.75 Å². The second kappa shape index (κ2) is 9.48. The van der Waals surface area contributed by atoms with E-state index in [2.05, 4.69) is 10.6 Å². The van der Waals surface area contributed by atoms with Crippen LogP contribution in [0.15, 0.2) is 36.4 Å². The fraction of sp³-hybridized carbons (Fsp3) is 0.263. The Kier molecular flexibility index (Phi) is 7.33. The molecule has 0 aliphatic carbocycles. The van der Waals surface area contributed by atoms with Gasteiger partial charge in [0.2, 0.25) is 0 Å². The highest BCUT2D eigenvalue weighted by atomic mass is 35.5. The monoisotopic (exact) mass is 409 g/mol. The molecule has 0 aliphatic heterocycles. The molecule has 0 heterocycles. The number of hydrogen-bond acceptors (Lipinski definition) is 4. The Bertz CT molecular complexity index is 824. The lowest BCUT2D eigenvalue weighted by atomic mass is 10.2. The van der Waals surface area contributed by atoms with Crippen LogP contribution in [0.4, 0.5) is 5.69 Å². The Balaban J connectivity index is 1.89. The Morgan fingerprint density at radius 3 is 2.04 bits per heavy atom.